The molecule has 12 heteroatoms. The van der Waals surface area contributed by atoms with Crippen LogP contribution in [-0.2, 0) is 25.0 Å². The van der Waals surface area contributed by atoms with Gasteiger partial charge in [-0.1, -0.05) is 35.4 Å². The molecular formula is C26H36N2O8S2. The smallest absolute Gasteiger partial charge is 0.294 e. The van der Waals surface area contributed by atoms with Crippen molar-refractivity contribution < 1.29 is 35.4 Å². The molecule has 4 N–H and O–H groups in total. The van der Waals surface area contributed by atoms with Crippen LogP contribution < -0.4 is 15.4 Å². The standard InChI is InChI=1S/C12H20N2O2.2C7H8O3S/c1-4-14(7-8-15-2)10-5-6-11(13)12(9-10)16-3;2*1-6-2-4-7(5-3-6)11(8,9)10/h5-6,9H,4,7-8,13H2,1-3H3;2*2-5H,1H3,(H,8,9,10). The molecule has 3 aromatic carbocycles. The second-order valence-electron chi connectivity index (χ2n) is 8.07. The van der Waals surface area contributed by atoms with Gasteiger partial charge in [-0.2, -0.15) is 16.8 Å². The number of nitrogens with two attached hydrogens (primary N) is 1. The minimum absolute atomic E-state index is 0.0666. The van der Waals surface area contributed by atoms with Crippen LogP contribution in [0.5, 0.6) is 5.75 Å². The maximum Gasteiger partial charge on any atom is 0.294 e. The highest BCUT2D eigenvalue weighted by Gasteiger charge is 2.08. The molecule has 0 aliphatic rings. The van der Waals surface area contributed by atoms with E-state index in [1.165, 1.54) is 24.3 Å². The summed E-state index contributed by atoms with van der Waals surface area (Å²) in [5.41, 5.74) is 9.45. The third kappa shape index (κ3) is 11.5. The quantitative estimate of drug-likeness (QED) is 0.265. The Labute approximate surface area is 225 Å². The van der Waals surface area contributed by atoms with E-state index >= 15 is 0 Å². The van der Waals surface area contributed by atoms with Crippen LogP contribution in [0.15, 0.2) is 76.5 Å². The van der Waals surface area contributed by atoms with E-state index in [0.29, 0.717) is 18.0 Å². The van der Waals surface area contributed by atoms with Gasteiger partial charge in [-0.25, -0.2) is 0 Å². The first-order valence-corrected chi connectivity index (χ1v) is 14.4. The van der Waals surface area contributed by atoms with E-state index in [9.17, 15) is 16.8 Å². The number of methoxy groups -OCH3 is 2. The number of anilines is 2. The summed E-state index contributed by atoms with van der Waals surface area (Å²) in [4.78, 5) is 2.08. The molecule has 0 saturated carbocycles. The first-order chi connectivity index (χ1) is 17.7. The molecule has 0 aliphatic heterocycles. The van der Waals surface area contributed by atoms with Crippen LogP contribution in [0.2, 0.25) is 0 Å². The van der Waals surface area contributed by atoms with Gasteiger partial charge < -0.3 is 20.1 Å². The van der Waals surface area contributed by atoms with Crippen LogP contribution in [0.4, 0.5) is 11.4 Å². The summed E-state index contributed by atoms with van der Waals surface area (Å²) in [6.45, 7) is 8.29. The molecule has 0 bridgehead atoms. The average Bonchev–Trinajstić information content (AvgIpc) is 2.85. The van der Waals surface area contributed by atoms with E-state index < -0.39 is 20.2 Å². The van der Waals surface area contributed by atoms with Gasteiger partial charge >= 0.3 is 0 Å². The highest BCUT2D eigenvalue weighted by Crippen LogP contribution is 2.27. The molecule has 0 unspecified atom stereocenters. The van der Waals surface area contributed by atoms with Crippen LogP contribution in [0, 0.1) is 13.8 Å². The molecule has 0 amide bonds. The predicted molar refractivity (Wildman–Crippen MR) is 149 cm³/mol. The lowest BCUT2D eigenvalue weighted by molar-refractivity contribution is 0.205. The molecule has 0 aliphatic carbocycles. The zero-order valence-corrected chi connectivity index (χ0v) is 23.8. The molecule has 0 aromatic heterocycles. The number of rotatable bonds is 8. The average molecular weight is 569 g/mol. The molecule has 3 rings (SSSR count). The number of hydrogen-bond donors (Lipinski definition) is 3. The molecule has 0 atom stereocenters. The summed E-state index contributed by atoms with van der Waals surface area (Å²) in [5.74, 6) is 0.716. The number of ether oxygens (including phenoxy) is 2. The van der Waals surface area contributed by atoms with Crippen molar-refractivity contribution in [2.45, 2.75) is 30.6 Å². The fourth-order valence-corrected chi connectivity index (χ4v) is 3.95. The predicted octanol–water partition coefficient (Wildman–Crippen LogP) is 4.23. The topological polar surface area (TPSA) is 156 Å². The van der Waals surface area contributed by atoms with E-state index in [2.05, 4.69) is 11.8 Å². The lowest BCUT2D eigenvalue weighted by atomic mass is 10.2. The minimum Gasteiger partial charge on any atom is -0.495 e. The zero-order valence-electron chi connectivity index (χ0n) is 22.2. The van der Waals surface area contributed by atoms with Crippen LogP contribution in [0.1, 0.15) is 18.1 Å². The third-order valence-corrected chi connectivity index (χ3v) is 6.90. The van der Waals surface area contributed by atoms with Gasteiger partial charge in [0.1, 0.15) is 5.75 Å². The Morgan fingerprint density at radius 1 is 0.789 bits per heavy atom. The van der Waals surface area contributed by atoms with Crippen molar-refractivity contribution in [3.8, 4) is 5.75 Å². The van der Waals surface area contributed by atoms with Gasteiger partial charge in [0.25, 0.3) is 20.2 Å². The van der Waals surface area contributed by atoms with Gasteiger partial charge in [0.2, 0.25) is 0 Å². The summed E-state index contributed by atoms with van der Waals surface area (Å²) in [6, 6.07) is 17.8. The van der Waals surface area contributed by atoms with Crippen molar-refractivity contribution in [3.05, 3.63) is 77.9 Å². The molecule has 10 nitrogen and oxygen atoms in total. The molecule has 0 radical (unpaired) electrons. The molecule has 0 saturated heterocycles. The maximum atomic E-state index is 10.5. The van der Waals surface area contributed by atoms with E-state index in [0.717, 1.165) is 29.9 Å². The lowest BCUT2D eigenvalue weighted by Crippen LogP contribution is -2.26. The van der Waals surface area contributed by atoms with Gasteiger partial charge in [-0.15, -0.1) is 0 Å². The Morgan fingerprint density at radius 3 is 1.58 bits per heavy atom. The molecule has 38 heavy (non-hydrogen) atoms. The van der Waals surface area contributed by atoms with Gasteiger partial charge in [0.05, 0.1) is 29.2 Å². The Morgan fingerprint density at radius 2 is 1.24 bits per heavy atom. The highest BCUT2D eigenvalue weighted by molar-refractivity contribution is 7.86. The van der Waals surface area contributed by atoms with Gasteiger partial charge in [-0.3, -0.25) is 9.11 Å². The monoisotopic (exact) mass is 568 g/mol. The fraction of sp³-hybridized carbons (Fsp3) is 0.308. The summed E-state index contributed by atoms with van der Waals surface area (Å²) in [7, 11) is -4.71. The van der Waals surface area contributed by atoms with Gasteiger partial charge in [0, 0.05) is 32.0 Å². The summed E-state index contributed by atoms with van der Waals surface area (Å²) < 4.78 is 69.4. The maximum absolute atomic E-state index is 10.5. The molecule has 210 valence electrons. The second kappa shape index (κ2) is 15.3. The van der Waals surface area contributed by atoms with Crippen molar-refractivity contribution in [2.75, 3.05) is 44.5 Å². The SMILES string of the molecule is CCN(CCOC)c1ccc(N)c(OC)c1.Cc1ccc(S(=O)(=O)O)cc1.Cc1ccc(S(=O)(=O)O)cc1. The normalized spacial score (nSPS) is 10.9. The first-order valence-electron chi connectivity index (χ1n) is 11.5. The number of likely N-dealkylation sites (N-methyl/N-ethyl adjacent to an activating group) is 1. The molecular weight excluding hydrogens is 532 g/mol. The summed E-state index contributed by atoms with van der Waals surface area (Å²) >= 11 is 0. The number of nitrogens with zero attached hydrogens (tertiary/aromatic N) is 1. The van der Waals surface area contributed by atoms with Crippen LogP contribution in [0.3, 0.4) is 0 Å². The van der Waals surface area contributed by atoms with Crippen LogP contribution in [0.25, 0.3) is 0 Å². The number of aryl methyl sites for hydroxylation is 2. The number of nitrogen functional groups attached to an aromatic ring is 1. The van der Waals surface area contributed by atoms with E-state index in [1.807, 2.05) is 32.0 Å². The number of benzene rings is 3. The largest absolute Gasteiger partial charge is 0.495 e. The Balaban J connectivity index is 0.000000293. The molecule has 3 aromatic rings. The Bertz CT molecular complexity index is 1270. The third-order valence-electron chi connectivity index (χ3n) is 5.17. The first kappa shape index (κ1) is 32.9. The fourth-order valence-electron chi connectivity index (χ4n) is 2.99. The van der Waals surface area contributed by atoms with Crippen molar-refractivity contribution in [1.29, 1.82) is 0 Å². The minimum atomic E-state index is -4.02. The Kier molecular flexibility index (Phi) is 13.2. The van der Waals surface area contributed by atoms with Crippen LogP contribution >= 0.6 is 0 Å². The second-order valence-corrected chi connectivity index (χ2v) is 10.9. The van der Waals surface area contributed by atoms with Crippen molar-refractivity contribution >= 4 is 31.6 Å². The number of hydrogen-bond acceptors (Lipinski definition) is 8. The van der Waals surface area contributed by atoms with Crippen molar-refractivity contribution in [1.82, 2.24) is 0 Å². The molecule has 0 spiro atoms. The molecule has 0 fully saturated rings. The van der Waals surface area contributed by atoms with Crippen molar-refractivity contribution in [2.24, 2.45) is 0 Å². The highest BCUT2D eigenvalue weighted by atomic mass is 32.2. The molecule has 0 heterocycles. The summed E-state index contributed by atoms with van der Waals surface area (Å²) in [6.07, 6.45) is 0. The van der Waals surface area contributed by atoms with Gasteiger partial charge in [0.15, 0.2) is 0 Å². The van der Waals surface area contributed by atoms with Gasteiger partial charge in [-0.05, 0) is 57.2 Å². The van der Waals surface area contributed by atoms with E-state index in [4.69, 9.17) is 24.3 Å². The van der Waals surface area contributed by atoms with E-state index in [1.54, 1.807) is 38.5 Å². The van der Waals surface area contributed by atoms with E-state index in [-0.39, 0.29) is 9.79 Å². The Hall–Kier alpha value is -3.16. The zero-order chi connectivity index (χ0) is 28.9. The lowest BCUT2D eigenvalue weighted by Gasteiger charge is -2.23. The van der Waals surface area contributed by atoms with Crippen molar-refractivity contribution in [3.63, 3.8) is 0 Å². The van der Waals surface area contributed by atoms with Crippen LogP contribution in [-0.4, -0.2) is 59.9 Å². The summed E-state index contributed by atoms with van der Waals surface area (Å²) in [5, 5.41) is 0.